The second-order valence-electron chi connectivity index (χ2n) is 5.93. The molecule has 1 aromatic carbocycles. The largest absolute Gasteiger partial charge is 0.378 e. The maximum atomic E-state index is 12.4. The number of rotatable bonds is 7. The first-order valence-electron chi connectivity index (χ1n) is 8.13. The van der Waals surface area contributed by atoms with E-state index in [2.05, 4.69) is 22.2 Å². The summed E-state index contributed by atoms with van der Waals surface area (Å²) in [5.41, 5.74) is 2.18. The highest BCUT2D eigenvalue weighted by Crippen LogP contribution is 2.17. The molecule has 0 radical (unpaired) electrons. The minimum absolute atomic E-state index is 0.236. The van der Waals surface area contributed by atoms with Crippen LogP contribution in [0.2, 0.25) is 0 Å². The fraction of sp³-hybridized carbons (Fsp3) is 0.389. The first-order valence-corrected chi connectivity index (χ1v) is 8.13. The first kappa shape index (κ1) is 17.7. The molecule has 128 valence electrons. The third-order valence-electron chi connectivity index (χ3n) is 3.77. The van der Waals surface area contributed by atoms with Crippen LogP contribution in [0, 0.1) is 0 Å². The highest BCUT2D eigenvalue weighted by Gasteiger charge is 2.11. The standard InChI is InChI=1S/C18H25N5O/c1-5-6-11-23(4)17-12-16(19-13-20-17)18(24)21-14-7-9-15(10-8-14)22(2)3/h7-10,12-13H,5-6,11H2,1-4H3,(H,21,24). The van der Waals surface area contributed by atoms with Crippen LogP contribution in [0.15, 0.2) is 36.7 Å². The minimum Gasteiger partial charge on any atom is -0.378 e. The molecule has 24 heavy (non-hydrogen) atoms. The third kappa shape index (κ3) is 4.68. The summed E-state index contributed by atoms with van der Waals surface area (Å²) in [5.74, 6) is 0.520. The second-order valence-corrected chi connectivity index (χ2v) is 5.93. The molecule has 0 atom stereocenters. The van der Waals surface area contributed by atoms with E-state index in [9.17, 15) is 4.79 Å². The van der Waals surface area contributed by atoms with Gasteiger partial charge in [-0.05, 0) is 30.7 Å². The van der Waals surface area contributed by atoms with Crippen molar-refractivity contribution in [1.82, 2.24) is 9.97 Å². The van der Waals surface area contributed by atoms with Crippen LogP contribution >= 0.6 is 0 Å². The molecule has 0 saturated heterocycles. The summed E-state index contributed by atoms with van der Waals surface area (Å²) < 4.78 is 0. The number of carbonyl (C=O) groups is 1. The number of amides is 1. The van der Waals surface area contributed by atoms with Gasteiger partial charge in [-0.1, -0.05) is 13.3 Å². The lowest BCUT2D eigenvalue weighted by atomic mass is 10.2. The normalized spacial score (nSPS) is 10.3. The van der Waals surface area contributed by atoms with E-state index in [1.807, 2.05) is 55.2 Å². The van der Waals surface area contributed by atoms with Crippen molar-refractivity contribution >= 4 is 23.1 Å². The highest BCUT2D eigenvalue weighted by atomic mass is 16.1. The summed E-state index contributed by atoms with van der Waals surface area (Å²) in [4.78, 5) is 24.8. The van der Waals surface area contributed by atoms with Crippen molar-refractivity contribution in [1.29, 1.82) is 0 Å². The molecule has 1 heterocycles. The zero-order chi connectivity index (χ0) is 17.5. The zero-order valence-corrected chi connectivity index (χ0v) is 14.8. The van der Waals surface area contributed by atoms with Gasteiger partial charge in [0, 0.05) is 45.1 Å². The molecule has 2 aromatic rings. The molecule has 0 aliphatic rings. The minimum atomic E-state index is -0.236. The Morgan fingerprint density at radius 1 is 1.12 bits per heavy atom. The molecule has 2 rings (SSSR count). The van der Waals surface area contributed by atoms with Crippen LogP contribution in [0.4, 0.5) is 17.2 Å². The SMILES string of the molecule is CCCCN(C)c1cc(C(=O)Nc2ccc(N(C)C)cc2)ncn1. The molecule has 0 aliphatic heterocycles. The smallest absolute Gasteiger partial charge is 0.274 e. The Hall–Kier alpha value is -2.63. The van der Waals surface area contributed by atoms with E-state index in [0.29, 0.717) is 5.69 Å². The number of unbranched alkanes of at least 4 members (excludes halogenated alkanes) is 1. The van der Waals surface area contributed by atoms with Gasteiger partial charge in [0.1, 0.15) is 17.8 Å². The zero-order valence-electron chi connectivity index (χ0n) is 14.8. The number of nitrogens with zero attached hydrogens (tertiary/aromatic N) is 4. The molecular formula is C18H25N5O. The Balaban J connectivity index is 2.06. The van der Waals surface area contributed by atoms with Gasteiger partial charge in [0.05, 0.1) is 0 Å². The van der Waals surface area contributed by atoms with Gasteiger partial charge < -0.3 is 15.1 Å². The first-order chi connectivity index (χ1) is 11.5. The van der Waals surface area contributed by atoms with Crippen LogP contribution in [0.5, 0.6) is 0 Å². The van der Waals surface area contributed by atoms with Crippen molar-refractivity contribution in [3.8, 4) is 0 Å². The van der Waals surface area contributed by atoms with E-state index in [4.69, 9.17) is 0 Å². The predicted octanol–water partition coefficient (Wildman–Crippen LogP) is 3.03. The van der Waals surface area contributed by atoms with Gasteiger partial charge in [0.2, 0.25) is 0 Å². The Kier molecular flexibility index (Phi) is 6.12. The van der Waals surface area contributed by atoms with E-state index in [0.717, 1.165) is 36.6 Å². The lowest BCUT2D eigenvalue weighted by Gasteiger charge is -2.17. The van der Waals surface area contributed by atoms with Gasteiger partial charge in [-0.15, -0.1) is 0 Å². The van der Waals surface area contributed by atoms with Crippen molar-refractivity contribution in [2.24, 2.45) is 0 Å². The fourth-order valence-corrected chi connectivity index (χ4v) is 2.23. The van der Waals surface area contributed by atoms with E-state index in [1.165, 1.54) is 6.33 Å². The third-order valence-corrected chi connectivity index (χ3v) is 3.77. The molecule has 0 spiro atoms. The van der Waals surface area contributed by atoms with Gasteiger partial charge in [-0.3, -0.25) is 4.79 Å². The van der Waals surface area contributed by atoms with Crippen LogP contribution in [-0.4, -0.2) is 43.6 Å². The molecule has 0 aliphatic carbocycles. The van der Waals surface area contributed by atoms with Crippen molar-refractivity contribution in [3.05, 3.63) is 42.4 Å². The molecule has 0 unspecified atom stereocenters. The van der Waals surface area contributed by atoms with E-state index in [1.54, 1.807) is 6.07 Å². The number of nitrogens with one attached hydrogen (secondary N) is 1. The Bertz CT molecular complexity index is 669. The van der Waals surface area contributed by atoms with Gasteiger partial charge in [-0.25, -0.2) is 9.97 Å². The second kappa shape index (κ2) is 8.29. The molecule has 1 aromatic heterocycles. The van der Waals surface area contributed by atoms with E-state index >= 15 is 0 Å². The van der Waals surface area contributed by atoms with Crippen molar-refractivity contribution in [2.45, 2.75) is 19.8 Å². The summed E-state index contributed by atoms with van der Waals surface area (Å²) in [5, 5.41) is 2.87. The van der Waals surface area contributed by atoms with Crippen LogP contribution in [0.1, 0.15) is 30.3 Å². The number of hydrogen-bond acceptors (Lipinski definition) is 5. The van der Waals surface area contributed by atoms with E-state index in [-0.39, 0.29) is 5.91 Å². The maximum Gasteiger partial charge on any atom is 0.274 e. The summed E-state index contributed by atoms with van der Waals surface area (Å²) in [7, 11) is 5.93. The number of benzene rings is 1. The summed E-state index contributed by atoms with van der Waals surface area (Å²) in [6.07, 6.45) is 3.63. The van der Waals surface area contributed by atoms with Crippen molar-refractivity contribution in [3.63, 3.8) is 0 Å². The molecule has 1 amide bonds. The fourth-order valence-electron chi connectivity index (χ4n) is 2.23. The highest BCUT2D eigenvalue weighted by molar-refractivity contribution is 6.03. The number of anilines is 3. The van der Waals surface area contributed by atoms with Crippen LogP contribution in [-0.2, 0) is 0 Å². The van der Waals surface area contributed by atoms with Crippen molar-refractivity contribution in [2.75, 3.05) is 42.8 Å². The number of aromatic nitrogens is 2. The molecule has 0 fully saturated rings. The Morgan fingerprint density at radius 2 is 1.83 bits per heavy atom. The van der Waals surface area contributed by atoms with Gasteiger partial charge >= 0.3 is 0 Å². The lowest BCUT2D eigenvalue weighted by molar-refractivity contribution is 0.102. The topological polar surface area (TPSA) is 61.4 Å². The Labute approximate surface area is 143 Å². The summed E-state index contributed by atoms with van der Waals surface area (Å²) in [6, 6.07) is 9.39. The van der Waals surface area contributed by atoms with Gasteiger partial charge in [0.15, 0.2) is 0 Å². The number of hydrogen-bond donors (Lipinski definition) is 1. The average Bonchev–Trinajstić information content (AvgIpc) is 2.60. The molecule has 1 N–H and O–H groups in total. The van der Waals surface area contributed by atoms with Crippen LogP contribution in [0.25, 0.3) is 0 Å². The van der Waals surface area contributed by atoms with Crippen LogP contribution in [0.3, 0.4) is 0 Å². The molecule has 0 bridgehead atoms. The summed E-state index contributed by atoms with van der Waals surface area (Å²) in [6.45, 7) is 3.05. The maximum absolute atomic E-state index is 12.4. The molecule has 6 nitrogen and oxygen atoms in total. The van der Waals surface area contributed by atoms with Gasteiger partial charge in [-0.2, -0.15) is 0 Å². The number of carbonyl (C=O) groups excluding carboxylic acids is 1. The van der Waals surface area contributed by atoms with Crippen LogP contribution < -0.4 is 15.1 Å². The predicted molar refractivity (Wildman–Crippen MR) is 98.9 cm³/mol. The average molecular weight is 327 g/mol. The lowest BCUT2D eigenvalue weighted by Crippen LogP contribution is -2.21. The van der Waals surface area contributed by atoms with E-state index < -0.39 is 0 Å². The Morgan fingerprint density at radius 3 is 2.46 bits per heavy atom. The quantitative estimate of drug-likeness (QED) is 0.847. The monoisotopic (exact) mass is 327 g/mol. The summed E-state index contributed by atoms with van der Waals surface area (Å²) >= 11 is 0. The molecule has 6 heteroatoms. The molecular weight excluding hydrogens is 302 g/mol. The molecule has 0 saturated carbocycles. The van der Waals surface area contributed by atoms with Crippen molar-refractivity contribution < 1.29 is 4.79 Å². The van der Waals surface area contributed by atoms with Gasteiger partial charge in [0.25, 0.3) is 5.91 Å².